The zero-order valence-electron chi connectivity index (χ0n) is 8.09. The lowest BCUT2D eigenvalue weighted by atomic mass is 10.2. The number of nitrogens with zero attached hydrogens (tertiary/aromatic N) is 1. The molecule has 0 aliphatic carbocycles. The van der Waals surface area contributed by atoms with Gasteiger partial charge in [0.2, 0.25) is 5.91 Å². The van der Waals surface area contributed by atoms with Gasteiger partial charge in [0.25, 0.3) is 5.91 Å². The van der Waals surface area contributed by atoms with Crippen molar-refractivity contribution in [3.63, 3.8) is 0 Å². The zero-order chi connectivity index (χ0) is 10.8. The maximum atomic E-state index is 11.4. The number of imide groups is 1. The van der Waals surface area contributed by atoms with Crippen LogP contribution in [0.15, 0.2) is 30.3 Å². The minimum atomic E-state index is -1.15. The molecule has 1 atom stereocenters. The molecule has 15 heavy (non-hydrogen) atoms. The molecule has 78 valence electrons. The Balaban J connectivity index is 2.13. The van der Waals surface area contributed by atoms with Gasteiger partial charge in [0, 0.05) is 0 Å². The molecule has 4 nitrogen and oxygen atoms in total. The summed E-state index contributed by atoms with van der Waals surface area (Å²) in [6.45, 7) is 0.246. The zero-order valence-corrected chi connectivity index (χ0v) is 8.09. The van der Waals surface area contributed by atoms with Gasteiger partial charge in [-0.05, 0) is 5.56 Å². The summed E-state index contributed by atoms with van der Waals surface area (Å²) in [6, 6.07) is 9.23. The number of aliphatic hydroxyl groups is 1. The molecule has 0 unspecified atom stereocenters. The van der Waals surface area contributed by atoms with Crippen LogP contribution in [0.3, 0.4) is 0 Å². The molecule has 0 saturated carbocycles. The molecular formula is C11H11NO3. The summed E-state index contributed by atoms with van der Waals surface area (Å²) >= 11 is 0. The molecule has 2 amide bonds. The Kier molecular flexibility index (Phi) is 2.51. The smallest absolute Gasteiger partial charge is 0.258 e. The Hall–Kier alpha value is -1.68. The SMILES string of the molecule is O=C1C[C@H](O)C(=O)N1Cc1ccccc1. The molecule has 2 rings (SSSR count). The van der Waals surface area contributed by atoms with E-state index in [0.717, 1.165) is 10.5 Å². The van der Waals surface area contributed by atoms with Gasteiger partial charge >= 0.3 is 0 Å². The van der Waals surface area contributed by atoms with E-state index in [1.165, 1.54) is 0 Å². The molecule has 4 heteroatoms. The van der Waals surface area contributed by atoms with Crippen molar-refractivity contribution in [3.8, 4) is 0 Å². The van der Waals surface area contributed by atoms with Crippen LogP contribution in [0.5, 0.6) is 0 Å². The van der Waals surface area contributed by atoms with Crippen molar-refractivity contribution in [2.45, 2.75) is 19.1 Å². The number of carbonyl (C=O) groups excluding carboxylic acids is 2. The predicted molar refractivity (Wildman–Crippen MR) is 52.6 cm³/mol. The van der Waals surface area contributed by atoms with Crippen LogP contribution < -0.4 is 0 Å². The molecule has 0 aromatic heterocycles. The second kappa shape index (κ2) is 3.82. The number of amides is 2. The van der Waals surface area contributed by atoms with Crippen molar-refractivity contribution in [2.24, 2.45) is 0 Å². The second-order valence-corrected chi connectivity index (χ2v) is 3.52. The first kappa shape index (κ1) is 9.86. The van der Waals surface area contributed by atoms with Crippen LogP contribution >= 0.6 is 0 Å². The van der Waals surface area contributed by atoms with E-state index in [1.54, 1.807) is 0 Å². The van der Waals surface area contributed by atoms with Gasteiger partial charge in [0.1, 0.15) is 6.10 Å². The van der Waals surface area contributed by atoms with Crippen LogP contribution in [-0.2, 0) is 16.1 Å². The Morgan fingerprint density at radius 3 is 2.47 bits per heavy atom. The lowest BCUT2D eigenvalue weighted by Gasteiger charge is -2.13. The Labute approximate surface area is 87.1 Å². The number of carbonyl (C=O) groups is 2. The van der Waals surface area contributed by atoms with Crippen molar-refractivity contribution in [1.29, 1.82) is 0 Å². The first-order valence-electron chi connectivity index (χ1n) is 4.74. The summed E-state index contributed by atoms with van der Waals surface area (Å²) in [5.74, 6) is -0.805. The summed E-state index contributed by atoms with van der Waals surface area (Å²) in [6.07, 6.45) is -1.24. The highest BCUT2D eigenvalue weighted by atomic mass is 16.3. The number of aliphatic hydroxyl groups excluding tert-OH is 1. The predicted octanol–water partition coefficient (Wildman–Crippen LogP) is 0.306. The molecule has 1 aromatic carbocycles. The number of hydrogen-bond acceptors (Lipinski definition) is 3. The molecular weight excluding hydrogens is 194 g/mol. The van der Waals surface area contributed by atoms with E-state index >= 15 is 0 Å². The van der Waals surface area contributed by atoms with Crippen molar-refractivity contribution < 1.29 is 14.7 Å². The quantitative estimate of drug-likeness (QED) is 0.707. The Morgan fingerprint density at radius 2 is 1.93 bits per heavy atom. The van der Waals surface area contributed by atoms with E-state index in [0.29, 0.717) is 0 Å². The normalized spacial score (nSPS) is 21.1. The summed E-state index contributed by atoms with van der Waals surface area (Å²) in [5, 5.41) is 9.20. The second-order valence-electron chi connectivity index (χ2n) is 3.52. The molecule has 0 spiro atoms. The van der Waals surface area contributed by atoms with Crippen LogP contribution in [-0.4, -0.2) is 27.9 Å². The highest BCUT2D eigenvalue weighted by Gasteiger charge is 2.36. The van der Waals surface area contributed by atoms with Crippen molar-refractivity contribution in [1.82, 2.24) is 4.90 Å². The average molecular weight is 205 g/mol. The molecule has 1 aromatic rings. The highest BCUT2D eigenvalue weighted by molar-refractivity contribution is 6.04. The van der Waals surface area contributed by atoms with Crippen LogP contribution in [0.25, 0.3) is 0 Å². The van der Waals surface area contributed by atoms with Crippen LogP contribution in [0.4, 0.5) is 0 Å². The minimum absolute atomic E-state index is 0.0916. The minimum Gasteiger partial charge on any atom is -0.383 e. The average Bonchev–Trinajstić information content (AvgIpc) is 2.47. The number of benzene rings is 1. The molecule has 0 radical (unpaired) electrons. The Bertz CT molecular complexity index is 388. The van der Waals surface area contributed by atoms with Crippen molar-refractivity contribution >= 4 is 11.8 Å². The first-order valence-corrected chi connectivity index (χ1v) is 4.74. The topological polar surface area (TPSA) is 57.6 Å². The third kappa shape index (κ3) is 1.89. The number of likely N-dealkylation sites (tertiary alicyclic amines) is 1. The van der Waals surface area contributed by atoms with Crippen molar-refractivity contribution in [2.75, 3.05) is 0 Å². The lowest BCUT2D eigenvalue weighted by Crippen LogP contribution is -2.31. The monoisotopic (exact) mass is 205 g/mol. The van der Waals surface area contributed by atoms with Gasteiger partial charge in [-0.15, -0.1) is 0 Å². The number of rotatable bonds is 2. The summed E-state index contributed by atoms with van der Waals surface area (Å²) in [4.78, 5) is 23.8. The third-order valence-corrected chi connectivity index (χ3v) is 2.40. The standard InChI is InChI=1S/C11H11NO3/c13-9-6-10(14)12(11(9)15)7-8-4-2-1-3-5-8/h1-5,9,13H,6-7H2/t9-/m0/s1. The molecule has 1 heterocycles. The van der Waals surface area contributed by atoms with E-state index in [1.807, 2.05) is 30.3 Å². The van der Waals surface area contributed by atoms with Gasteiger partial charge in [0.15, 0.2) is 0 Å². The van der Waals surface area contributed by atoms with Gasteiger partial charge in [-0.1, -0.05) is 30.3 Å². The van der Waals surface area contributed by atoms with E-state index in [4.69, 9.17) is 0 Å². The van der Waals surface area contributed by atoms with Crippen molar-refractivity contribution in [3.05, 3.63) is 35.9 Å². The summed E-state index contributed by atoms with van der Waals surface area (Å²) in [7, 11) is 0. The number of hydrogen-bond donors (Lipinski definition) is 1. The van der Waals surface area contributed by atoms with Gasteiger partial charge in [-0.25, -0.2) is 0 Å². The van der Waals surface area contributed by atoms with E-state index < -0.39 is 12.0 Å². The largest absolute Gasteiger partial charge is 0.383 e. The summed E-state index contributed by atoms with van der Waals surface area (Å²) < 4.78 is 0. The fraction of sp³-hybridized carbons (Fsp3) is 0.273. The molecule has 0 bridgehead atoms. The van der Waals surface area contributed by atoms with Crippen LogP contribution in [0.1, 0.15) is 12.0 Å². The summed E-state index contributed by atoms with van der Waals surface area (Å²) in [5.41, 5.74) is 0.883. The van der Waals surface area contributed by atoms with Gasteiger partial charge in [-0.3, -0.25) is 14.5 Å². The van der Waals surface area contributed by atoms with Crippen LogP contribution in [0.2, 0.25) is 0 Å². The van der Waals surface area contributed by atoms with Crippen LogP contribution in [0, 0.1) is 0 Å². The molecule has 1 aliphatic heterocycles. The lowest BCUT2D eigenvalue weighted by molar-refractivity contribution is -0.141. The van der Waals surface area contributed by atoms with E-state index in [-0.39, 0.29) is 18.9 Å². The maximum Gasteiger partial charge on any atom is 0.258 e. The van der Waals surface area contributed by atoms with E-state index in [9.17, 15) is 14.7 Å². The van der Waals surface area contributed by atoms with Gasteiger partial charge in [-0.2, -0.15) is 0 Å². The Morgan fingerprint density at radius 1 is 1.27 bits per heavy atom. The third-order valence-electron chi connectivity index (χ3n) is 2.40. The molecule has 1 fully saturated rings. The maximum absolute atomic E-state index is 11.4. The van der Waals surface area contributed by atoms with Gasteiger partial charge in [0.05, 0.1) is 13.0 Å². The fourth-order valence-electron chi connectivity index (χ4n) is 1.60. The van der Waals surface area contributed by atoms with Gasteiger partial charge < -0.3 is 5.11 Å². The fourth-order valence-corrected chi connectivity index (χ4v) is 1.60. The molecule has 1 N–H and O–H groups in total. The first-order chi connectivity index (χ1) is 7.18. The molecule has 1 saturated heterocycles. The highest BCUT2D eigenvalue weighted by Crippen LogP contribution is 2.16. The van der Waals surface area contributed by atoms with E-state index in [2.05, 4.69) is 0 Å². The molecule has 1 aliphatic rings.